The molecule has 0 radical (unpaired) electrons. The van der Waals surface area contributed by atoms with Crippen molar-refractivity contribution in [3.8, 4) is 17.3 Å². The quantitative estimate of drug-likeness (QED) is 0.288. The summed E-state index contributed by atoms with van der Waals surface area (Å²) in [5.41, 5.74) is 3.52. The fourth-order valence-corrected chi connectivity index (χ4v) is 4.27. The average Bonchev–Trinajstić information content (AvgIpc) is 3.14. The number of fused-ring (bicyclic) bond motifs is 3. The number of methoxy groups -OCH3 is 2. The third-order valence-electron chi connectivity index (χ3n) is 5.11. The average molecular weight is 543 g/mol. The highest BCUT2D eigenvalue weighted by molar-refractivity contribution is 14.1. The lowest BCUT2D eigenvalue weighted by molar-refractivity contribution is 0.412. The highest BCUT2D eigenvalue weighted by atomic mass is 127. The maximum absolute atomic E-state index is 13.0. The Morgan fingerprint density at radius 3 is 2.69 bits per heavy atom. The molecule has 9 heteroatoms. The molecule has 0 atom stereocenters. The first kappa shape index (κ1) is 22.0. The molecule has 1 aromatic carbocycles. The lowest BCUT2D eigenvalue weighted by Crippen LogP contribution is -2.17. The number of pyridine rings is 2. The molecule has 0 fully saturated rings. The van der Waals surface area contributed by atoms with Crippen LogP contribution >= 0.6 is 22.6 Å². The summed E-state index contributed by atoms with van der Waals surface area (Å²) in [7, 11) is 3.21. The van der Waals surface area contributed by atoms with Crippen LogP contribution in [0.25, 0.3) is 33.3 Å². The molecular weight excluding hydrogens is 521 g/mol. The molecule has 3 aromatic heterocycles. The molecule has 0 amide bonds. The first-order chi connectivity index (χ1) is 15.5. The van der Waals surface area contributed by atoms with E-state index in [1.807, 2.05) is 44.3 Å². The zero-order valence-electron chi connectivity index (χ0n) is 18.1. The van der Waals surface area contributed by atoms with Crippen LogP contribution in [0.5, 0.6) is 11.5 Å². The summed E-state index contributed by atoms with van der Waals surface area (Å²) >= 11 is 2.16. The van der Waals surface area contributed by atoms with Gasteiger partial charge in [0, 0.05) is 29.8 Å². The summed E-state index contributed by atoms with van der Waals surface area (Å²) in [4.78, 5) is 29.3. The molecule has 0 bridgehead atoms. The molecule has 0 saturated carbocycles. The van der Waals surface area contributed by atoms with Crippen molar-refractivity contribution in [2.75, 3.05) is 20.8 Å². The smallest absolute Gasteiger partial charge is 0.332 e. The number of imidazole rings is 1. The van der Waals surface area contributed by atoms with E-state index in [2.05, 4.69) is 42.5 Å². The van der Waals surface area contributed by atoms with Crippen LogP contribution in [0, 0.1) is 3.57 Å². The third-order valence-corrected chi connectivity index (χ3v) is 5.90. The standard InChI is InChI=1S/C23H22IN5O3/c1-5-13(10-25-6-2)15-8-16-18(9-20(15)32-4)26-12-19-21(16)29(23(30)28-19)22-17(24)7-14(31-3)11-27-22/h5,7-12H,6H2,1-4H3,(H,28,30)/b13-5+,25-10?. The normalized spacial score (nSPS) is 12.2. The van der Waals surface area contributed by atoms with Gasteiger partial charge in [0.15, 0.2) is 5.82 Å². The molecule has 0 aliphatic heterocycles. The van der Waals surface area contributed by atoms with Crippen molar-refractivity contribution in [1.82, 2.24) is 19.5 Å². The summed E-state index contributed by atoms with van der Waals surface area (Å²) in [6.07, 6.45) is 7.06. The van der Waals surface area contributed by atoms with E-state index in [1.165, 1.54) is 0 Å². The zero-order valence-corrected chi connectivity index (χ0v) is 20.3. The van der Waals surface area contributed by atoms with Gasteiger partial charge in [0.2, 0.25) is 0 Å². The Hall–Kier alpha value is -3.21. The number of allylic oxidation sites excluding steroid dienone is 2. The number of H-pyrrole nitrogens is 1. The molecule has 4 aromatic rings. The number of aliphatic imine (C=N–C) groups is 1. The van der Waals surface area contributed by atoms with Crippen LogP contribution in [-0.2, 0) is 0 Å². The number of aromatic amines is 1. The molecular formula is C23H22IN5O3. The third kappa shape index (κ3) is 3.77. The molecule has 4 rings (SSSR count). The van der Waals surface area contributed by atoms with Gasteiger partial charge in [-0.05, 0) is 54.1 Å². The predicted octanol–water partition coefficient (Wildman–Crippen LogP) is 4.38. The second-order valence-electron chi connectivity index (χ2n) is 6.91. The number of aromatic nitrogens is 4. The van der Waals surface area contributed by atoms with E-state index in [0.29, 0.717) is 40.4 Å². The van der Waals surface area contributed by atoms with Gasteiger partial charge in [-0.25, -0.2) is 14.3 Å². The van der Waals surface area contributed by atoms with Crippen LogP contribution in [0.15, 0.2) is 46.5 Å². The minimum atomic E-state index is -0.291. The SMILES string of the molecule is C/C=C(\C=NCC)c1cc2c(cc1OC)ncc1[nH]c(=O)n(-c3ncc(OC)cc3I)c12. The van der Waals surface area contributed by atoms with Crippen LogP contribution in [0.2, 0.25) is 0 Å². The molecule has 1 N–H and O–H groups in total. The van der Waals surface area contributed by atoms with Gasteiger partial charge in [0.25, 0.3) is 0 Å². The van der Waals surface area contributed by atoms with E-state index < -0.39 is 0 Å². The van der Waals surface area contributed by atoms with Crippen LogP contribution in [0.1, 0.15) is 19.4 Å². The Morgan fingerprint density at radius 1 is 1.22 bits per heavy atom. The van der Waals surface area contributed by atoms with Crippen molar-refractivity contribution in [2.24, 2.45) is 4.99 Å². The number of nitrogens with zero attached hydrogens (tertiary/aromatic N) is 4. The van der Waals surface area contributed by atoms with E-state index in [4.69, 9.17) is 9.47 Å². The Morgan fingerprint density at radius 2 is 2.03 bits per heavy atom. The Balaban J connectivity index is 2.08. The minimum Gasteiger partial charge on any atom is -0.496 e. The first-order valence-electron chi connectivity index (χ1n) is 10.00. The number of ether oxygens (including phenoxy) is 2. The van der Waals surface area contributed by atoms with Gasteiger partial charge in [-0.2, -0.15) is 0 Å². The van der Waals surface area contributed by atoms with Gasteiger partial charge in [0.05, 0.1) is 46.7 Å². The van der Waals surface area contributed by atoms with Crippen molar-refractivity contribution in [1.29, 1.82) is 0 Å². The molecule has 164 valence electrons. The number of hydrogen-bond acceptors (Lipinski definition) is 6. The fraction of sp³-hybridized carbons (Fsp3) is 0.217. The van der Waals surface area contributed by atoms with Crippen molar-refractivity contribution >= 4 is 56.3 Å². The fourth-order valence-electron chi connectivity index (χ4n) is 3.59. The second-order valence-corrected chi connectivity index (χ2v) is 8.07. The number of rotatable bonds is 6. The Kier molecular flexibility index (Phi) is 6.26. The molecule has 8 nitrogen and oxygen atoms in total. The van der Waals surface area contributed by atoms with Crippen molar-refractivity contribution < 1.29 is 9.47 Å². The van der Waals surface area contributed by atoms with E-state index >= 15 is 0 Å². The maximum atomic E-state index is 13.0. The minimum absolute atomic E-state index is 0.291. The summed E-state index contributed by atoms with van der Waals surface area (Å²) in [5.74, 6) is 1.82. The van der Waals surface area contributed by atoms with Crippen LogP contribution in [0.3, 0.4) is 0 Å². The lowest BCUT2D eigenvalue weighted by atomic mass is 10.0. The van der Waals surface area contributed by atoms with Crippen LogP contribution in [-0.4, -0.2) is 46.5 Å². The number of benzene rings is 1. The van der Waals surface area contributed by atoms with Gasteiger partial charge in [0.1, 0.15) is 11.5 Å². The molecule has 0 spiro atoms. The molecule has 0 unspecified atom stereocenters. The first-order valence-corrected chi connectivity index (χ1v) is 11.1. The van der Waals surface area contributed by atoms with E-state index in [0.717, 1.165) is 20.1 Å². The van der Waals surface area contributed by atoms with E-state index in [-0.39, 0.29) is 5.69 Å². The van der Waals surface area contributed by atoms with Crippen molar-refractivity contribution in [3.05, 3.63) is 56.3 Å². The van der Waals surface area contributed by atoms with Crippen LogP contribution in [0.4, 0.5) is 0 Å². The molecule has 32 heavy (non-hydrogen) atoms. The number of halogens is 1. The summed E-state index contributed by atoms with van der Waals surface area (Å²) in [6.45, 7) is 4.62. The molecule has 0 aliphatic carbocycles. The van der Waals surface area contributed by atoms with Gasteiger partial charge >= 0.3 is 5.69 Å². The second kappa shape index (κ2) is 9.11. The highest BCUT2D eigenvalue weighted by Gasteiger charge is 2.19. The number of hydrogen-bond donors (Lipinski definition) is 1. The maximum Gasteiger partial charge on any atom is 0.332 e. The summed E-state index contributed by atoms with van der Waals surface area (Å²) in [6, 6.07) is 5.70. The van der Waals surface area contributed by atoms with Gasteiger partial charge < -0.3 is 14.5 Å². The summed E-state index contributed by atoms with van der Waals surface area (Å²) < 4.78 is 13.3. The topological polar surface area (TPSA) is 94.4 Å². The van der Waals surface area contributed by atoms with Crippen LogP contribution < -0.4 is 15.2 Å². The van der Waals surface area contributed by atoms with E-state index in [1.54, 1.807) is 31.2 Å². The summed E-state index contributed by atoms with van der Waals surface area (Å²) in [5, 5.41) is 0.800. The molecule has 3 heterocycles. The Labute approximate surface area is 198 Å². The Bertz CT molecular complexity index is 1440. The zero-order chi connectivity index (χ0) is 22.8. The van der Waals surface area contributed by atoms with Crippen molar-refractivity contribution in [2.45, 2.75) is 13.8 Å². The molecule has 0 saturated heterocycles. The van der Waals surface area contributed by atoms with Gasteiger partial charge in [-0.1, -0.05) is 6.08 Å². The highest BCUT2D eigenvalue weighted by Crippen LogP contribution is 2.34. The monoisotopic (exact) mass is 543 g/mol. The van der Waals surface area contributed by atoms with Gasteiger partial charge in [-0.15, -0.1) is 0 Å². The van der Waals surface area contributed by atoms with Gasteiger partial charge in [-0.3, -0.25) is 9.98 Å². The van der Waals surface area contributed by atoms with E-state index in [9.17, 15) is 4.79 Å². The lowest BCUT2D eigenvalue weighted by Gasteiger charge is -2.13. The predicted molar refractivity (Wildman–Crippen MR) is 135 cm³/mol. The number of nitrogens with one attached hydrogen (secondary N) is 1. The van der Waals surface area contributed by atoms with Crippen molar-refractivity contribution in [3.63, 3.8) is 0 Å². The molecule has 0 aliphatic rings. The largest absolute Gasteiger partial charge is 0.496 e.